The molecule has 3 aromatic rings. The van der Waals surface area contributed by atoms with E-state index in [0.717, 1.165) is 15.6 Å². The highest BCUT2D eigenvalue weighted by Gasteiger charge is 2.30. The number of hydrogen-bond acceptors (Lipinski definition) is 6. The van der Waals surface area contributed by atoms with Gasteiger partial charge in [0.05, 0.1) is 23.8 Å². The molecule has 2 aliphatic rings. The first-order chi connectivity index (χ1) is 18.5. The van der Waals surface area contributed by atoms with Crippen molar-refractivity contribution in [2.45, 2.75) is 6.61 Å². The Kier molecular flexibility index (Phi) is 8.26. The van der Waals surface area contributed by atoms with Crippen molar-refractivity contribution in [2.24, 2.45) is 4.99 Å². The van der Waals surface area contributed by atoms with Crippen LogP contribution in [-0.2, 0) is 16.1 Å². The fraction of sp³-hybridized carbons (Fsp3) is 0.207. The zero-order valence-electron chi connectivity index (χ0n) is 20.8. The number of carbonyl (C=O) groups excluding carboxylic acids is 2. The quantitative estimate of drug-likeness (QED) is 0.342. The number of rotatable bonds is 6. The molecule has 2 amide bonds. The molecule has 0 spiro atoms. The first-order valence-electron chi connectivity index (χ1n) is 12.2. The second-order valence-corrected chi connectivity index (χ2v) is 10.7. The van der Waals surface area contributed by atoms with Crippen molar-refractivity contribution in [2.75, 3.05) is 33.4 Å². The lowest BCUT2D eigenvalue weighted by molar-refractivity contribution is -0.121. The van der Waals surface area contributed by atoms with E-state index in [1.807, 2.05) is 66.7 Å². The Morgan fingerprint density at radius 1 is 1.08 bits per heavy atom. The van der Waals surface area contributed by atoms with Crippen molar-refractivity contribution < 1.29 is 19.1 Å². The Morgan fingerprint density at radius 2 is 1.84 bits per heavy atom. The number of hydrogen-bond donors (Lipinski definition) is 0. The van der Waals surface area contributed by atoms with Gasteiger partial charge < -0.3 is 14.4 Å². The van der Waals surface area contributed by atoms with Crippen molar-refractivity contribution >= 4 is 56.4 Å². The van der Waals surface area contributed by atoms with E-state index < -0.39 is 0 Å². The number of carbonyl (C=O) groups is 2. The number of amidine groups is 1. The van der Waals surface area contributed by atoms with Gasteiger partial charge in [0.25, 0.3) is 11.8 Å². The van der Waals surface area contributed by atoms with Crippen LogP contribution in [0.2, 0.25) is 0 Å². The van der Waals surface area contributed by atoms with E-state index in [0.29, 0.717) is 60.0 Å². The average molecular weight is 593 g/mol. The molecule has 0 radical (unpaired) electrons. The van der Waals surface area contributed by atoms with Gasteiger partial charge in [-0.25, -0.2) is 4.99 Å². The maximum Gasteiger partial charge on any atom is 0.266 e. The molecule has 2 heterocycles. The summed E-state index contributed by atoms with van der Waals surface area (Å²) in [4.78, 5) is 34.5. The van der Waals surface area contributed by atoms with Gasteiger partial charge in [-0.1, -0.05) is 52.3 Å². The van der Waals surface area contributed by atoms with Crippen molar-refractivity contribution in [3.8, 4) is 5.75 Å². The summed E-state index contributed by atoms with van der Waals surface area (Å²) in [6.45, 7) is 2.66. The van der Waals surface area contributed by atoms with Crippen LogP contribution >= 0.6 is 27.7 Å². The highest BCUT2D eigenvalue weighted by atomic mass is 79.9. The van der Waals surface area contributed by atoms with E-state index in [9.17, 15) is 9.59 Å². The summed E-state index contributed by atoms with van der Waals surface area (Å²) in [6.07, 6.45) is 1.83. The summed E-state index contributed by atoms with van der Waals surface area (Å²) in [5, 5.41) is 0.547. The fourth-order valence-electron chi connectivity index (χ4n) is 4.03. The Bertz CT molecular complexity index is 1400. The molecule has 2 saturated heterocycles. The SMILES string of the molecule is CN1C(=O)/C(=C\c2ccccc2OCc2ccc(Br)cc2)SC1=Nc1cccc(C(=O)N2CCOCC2)c1. The number of morpholine rings is 1. The third-order valence-corrected chi connectivity index (χ3v) is 7.72. The number of halogens is 1. The van der Waals surface area contributed by atoms with E-state index in [2.05, 4.69) is 20.9 Å². The average Bonchev–Trinajstić information content (AvgIpc) is 3.21. The summed E-state index contributed by atoms with van der Waals surface area (Å²) in [5.74, 6) is 0.509. The molecule has 2 fully saturated rings. The number of nitrogens with zero attached hydrogens (tertiary/aromatic N) is 3. The molecule has 9 heteroatoms. The Hall–Kier alpha value is -3.40. The topological polar surface area (TPSA) is 71.4 Å². The molecule has 5 rings (SSSR count). The molecule has 38 heavy (non-hydrogen) atoms. The molecule has 0 unspecified atom stereocenters. The molecule has 0 bridgehead atoms. The molecule has 2 aliphatic heterocycles. The molecule has 0 atom stereocenters. The lowest BCUT2D eigenvalue weighted by Gasteiger charge is -2.26. The standard InChI is InChI=1S/C29H26BrN3O4S/c1-32-28(35)26(18-21-5-2-3-8-25(21)37-19-20-9-11-23(30)12-10-20)38-29(32)31-24-7-4-6-22(17-24)27(34)33-13-15-36-16-14-33/h2-12,17-18H,13-16,19H2,1H3/b26-18+,31-29?. The minimum absolute atomic E-state index is 0.0424. The summed E-state index contributed by atoms with van der Waals surface area (Å²) < 4.78 is 12.4. The van der Waals surface area contributed by atoms with Crippen molar-refractivity contribution in [1.82, 2.24) is 9.80 Å². The van der Waals surface area contributed by atoms with E-state index in [4.69, 9.17) is 9.47 Å². The van der Waals surface area contributed by atoms with Gasteiger partial charge in [-0.05, 0) is 59.8 Å². The lowest BCUT2D eigenvalue weighted by Crippen LogP contribution is -2.40. The highest BCUT2D eigenvalue weighted by Crippen LogP contribution is 2.35. The van der Waals surface area contributed by atoms with Gasteiger partial charge in [0, 0.05) is 35.7 Å². The predicted octanol–water partition coefficient (Wildman–Crippen LogP) is 5.73. The number of aliphatic imine (C=N–C) groups is 1. The predicted molar refractivity (Wildman–Crippen MR) is 154 cm³/mol. The van der Waals surface area contributed by atoms with Crippen LogP contribution < -0.4 is 4.74 Å². The molecule has 7 nitrogen and oxygen atoms in total. The summed E-state index contributed by atoms with van der Waals surface area (Å²) in [6, 6.07) is 22.8. The Balaban J connectivity index is 1.33. The van der Waals surface area contributed by atoms with E-state index in [-0.39, 0.29) is 11.8 Å². The summed E-state index contributed by atoms with van der Waals surface area (Å²) in [7, 11) is 1.70. The first kappa shape index (κ1) is 26.2. The number of ether oxygens (including phenoxy) is 2. The van der Waals surface area contributed by atoms with Crippen molar-refractivity contribution in [3.63, 3.8) is 0 Å². The van der Waals surface area contributed by atoms with Gasteiger partial charge >= 0.3 is 0 Å². The molecular formula is C29H26BrN3O4S. The number of benzene rings is 3. The molecular weight excluding hydrogens is 566 g/mol. The van der Waals surface area contributed by atoms with Crippen molar-refractivity contribution in [3.05, 3.63) is 98.9 Å². The van der Waals surface area contributed by atoms with Crippen LogP contribution in [0.25, 0.3) is 6.08 Å². The number of amides is 2. The minimum Gasteiger partial charge on any atom is -0.488 e. The molecule has 0 saturated carbocycles. The molecule has 194 valence electrons. The normalized spacial score (nSPS) is 17.9. The van der Waals surface area contributed by atoms with Crippen LogP contribution in [0.1, 0.15) is 21.5 Å². The van der Waals surface area contributed by atoms with Gasteiger partial charge in [-0.3, -0.25) is 14.5 Å². The maximum atomic E-state index is 13.1. The van der Waals surface area contributed by atoms with Crippen molar-refractivity contribution in [1.29, 1.82) is 0 Å². The molecule has 3 aromatic carbocycles. The minimum atomic E-state index is -0.142. The molecule has 0 aromatic heterocycles. The largest absolute Gasteiger partial charge is 0.488 e. The maximum absolute atomic E-state index is 13.1. The second kappa shape index (κ2) is 12.0. The highest BCUT2D eigenvalue weighted by molar-refractivity contribution is 9.10. The van der Waals surface area contributed by atoms with E-state index >= 15 is 0 Å². The first-order valence-corrected chi connectivity index (χ1v) is 13.8. The van der Waals surface area contributed by atoms with Crippen LogP contribution in [0, 0.1) is 0 Å². The third-order valence-electron chi connectivity index (χ3n) is 6.13. The monoisotopic (exact) mass is 591 g/mol. The molecule has 0 N–H and O–H groups in total. The molecule has 0 aliphatic carbocycles. The van der Waals surface area contributed by atoms with Gasteiger partial charge in [-0.2, -0.15) is 0 Å². The van der Waals surface area contributed by atoms with Crippen LogP contribution in [0.15, 0.2) is 87.2 Å². The van der Waals surface area contributed by atoms with Crippen LogP contribution in [-0.4, -0.2) is 60.1 Å². The zero-order valence-corrected chi connectivity index (χ0v) is 23.2. The van der Waals surface area contributed by atoms with Gasteiger partial charge in [0.1, 0.15) is 12.4 Å². The third kappa shape index (κ3) is 6.18. The van der Waals surface area contributed by atoms with Crippen LogP contribution in [0.5, 0.6) is 5.75 Å². The summed E-state index contributed by atoms with van der Waals surface area (Å²) >= 11 is 4.75. The van der Waals surface area contributed by atoms with Gasteiger partial charge in [0.15, 0.2) is 5.17 Å². The summed E-state index contributed by atoms with van der Waals surface area (Å²) in [5.41, 5.74) is 3.04. The smallest absolute Gasteiger partial charge is 0.266 e. The number of likely N-dealkylation sites (N-methyl/N-ethyl adjacent to an activating group) is 1. The van der Waals surface area contributed by atoms with Gasteiger partial charge in [0.2, 0.25) is 0 Å². The lowest BCUT2D eigenvalue weighted by atomic mass is 10.1. The van der Waals surface area contributed by atoms with Gasteiger partial charge in [-0.15, -0.1) is 0 Å². The second-order valence-electron chi connectivity index (χ2n) is 8.78. The van der Waals surface area contributed by atoms with Crippen LogP contribution in [0.4, 0.5) is 5.69 Å². The van der Waals surface area contributed by atoms with E-state index in [1.54, 1.807) is 24.1 Å². The Morgan fingerprint density at radius 3 is 2.63 bits per heavy atom. The van der Waals surface area contributed by atoms with Crippen LogP contribution in [0.3, 0.4) is 0 Å². The fourth-order valence-corrected chi connectivity index (χ4v) is 5.28. The number of para-hydroxylation sites is 1. The van der Waals surface area contributed by atoms with E-state index in [1.165, 1.54) is 16.7 Å². The zero-order chi connectivity index (χ0) is 26.5. The number of thioether (sulfide) groups is 1. The Labute approximate surface area is 234 Å².